The van der Waals surface area contributed by atoms with Gasteiger partial charge in [-0.15, -0.1) is 0 Å². The second kappa shape index (κ2) is 6.09. The zero-order chi connectivity index (χ0) is 13.9. The van der Waals surface area contributed by atoms with E-state index in [1.807, 2.05) is 36.9 Å². The molecule has 1 saturated heterocycles. The summed E-state index contributed by atoms with van der Waals surface area (Å²) in [6.07, 6.45) is 6.81. The monoisotopic (exact) mass is 284 g/mol. The average molecular weight is 284 g/mol. The number of aromatic nitrogens is 1. The summed E-state index contributed by atoms with van der Waals surface area (Å²) < 4.78 is 28.7. The summed E-state index contributed by atoms with van der Waals surface area (Å²) in [6, 6.07) is 4.05. The molecule has 1 aromatic rings. The van der Waals surface area contributed by atoms with Crippen molar-refractivity contribution in [1.29, 1.82) is 0 Å². The lowest BCUT2D eigenvalue weighted by Crippen LogP contribution is -2.37. The predicted molar refractivity (Wildman–Crippen MR) is 77.4 cm³/mol. The van der Waals surface area contributed by atoms with Gasteiger partial charge in [0.2, 0.25) is 10.0 Å². The highest BCUT2D eigenvalue weighted by Crippen LogP contribution is 2.32. The van der Waals surface area contributed by atoms with E-state index in [9.17, 15) is 8.42 Å². The van der Waals surface area contributed by atoms with E-state index in [4.69, 9.17) is 0 Å². The highest BCUT2D eigenvalue weighted by Gasteiger charge is 2.32. The van der Waals surface area contributed by atoms with Crippen LogP contribution in [0.15, 0.2) is 18.3 Å². The summed E-state index contributed by atoms with van der Waals surface area (Å²) in [6.45, 7) is 2.59. The Morgan fingerprint density at radius 2 is 2.11 bits per heavy atom. The molecule has 0 N–H and O–H groups in total. The van der Waals surface area contributed by atoms with Crippen molar-refractivity contribution in [3.63, 3.8) is 0 Å². The predicted octanol–water partition coefficient (Wildman–Crippen LogP) is 2.68. The summed E-state index contributed by atoms with van der Waals surface area (Å²) in [5.74, 6) is 0.258. The number of nitrogens with zero attached hydrogens (tertiary/aromatic N) is 2. The molecule has 0 amide bonds. The molecule has 1 aliphatic heterocycles. The number of hydrogen-bond donors (Lipinski definition) is 0. The van der Waals surface area contributed by atoms with Crippen LogP contribution in [-0.2, 0) is 17.1 Å². The van der Waals surface area contributed by atoms with Crippen LogP contribution in [0.3, 0.4) is 0 Å². The smallest absolute Gasteiger partial charge is 0.214 e. The van der Waals surface area contributed by atoms with Gasteiger partial charge in [-0.05, 0) is 31.4 Å². The molecule has 1 fully saturated rings. The third-order valence-electron chi connectivity index (χ3n) is 3.85. The van der Waals surface area contributed by atoms with E-state index < -0.39 is 10.0 Å². The molecule has 108 valence electrons. The van der Waals surface area contributed by atoms with Gasteiger partial charge in [-0.25, -0.2) is 8.42 Å². The Kier molecular flexibility index (Phi) is 4.68. The molecule has 0 aromatic carbocycles. The standard InChI is InChI=1S/C14H24N2O2S/c1-3-12-19(17,18)16-11-6-4-5-8-14(16)13-9-7-10-15(13)2/h7,9-10,14H,3-6,8,11-12H2,1-2H3. The minimum Gasteiger partial charge on any atom is -0.353 e. The molecular formula is C14H24N2O2S. The molecule has 0 saturated carbocycles. The third kappa shape index (κ3) is 3.20. The molecule has 5 heteroatoms. The van der Waals surface area contributed by atoms with Gasteiger partial charge in [-0.2, -0.15) is 4.31 Å². The number of hydrogen-bond acceptors (Lipinski definition) is 2. The second-order valence-corrected chi connectivity index (χ2v) is 7.38. The second-order valence-electron chi connectivity index (χ2n) is 5.34. The maximum atomic E-state index is 12.5. The van der Waals surface area contributed by atoms with Crippen LogP contribution in [0.4, 0.5) is 0 Å². The largest absolute Gasteiger partial charge is 0.353 e. The molecule has 19 heavy (non-hydrogen) atoms. The normalized spacial score (nSPS) is 22.3. The first-order valence-corrected chi connectivity index (χ1v) is 8.78. The summed E-state index contributed by atoms with van der Waals surface area (Å²) in [5.41, 5.74) is 1.11. The van der Waals surface area contributed by atoms with Crippen molar-refractivity contribution < 1.29 is 8.42 Å². The summed E-state index contributed by atoms with van der Waals surface area (Å²) in [5, 5.41) is 0. The van der Waals surface area contributed by atoms with Crippen LogP contribution in [0.25, 0.3) is 0 Å². The van der Waals surface area contributed by atoms with E-state index in [1.165, 1.54) is 0 Å². The van der Waals surface area contributed by atoms with E-state index >= 15 is 0 Å². The summed E-state index contributed by atoms with van der Waals surface area (Å²) in [4.78, 5) is 0. The van der Waals surface area contributed by atoms with E-state index in [2.05, 4.69) is 0 Å². The van der Waals surface area contributed by atoms with E-state index in [0.29, 0.717) is 13.0 Å². The lowest BCUT2D eigenvalue weighted by molar-refractivity contribution is 0.318. The quantitative estimate of drug-likeness (QED) is 0.853. The molecular weight excluding hydrogens is 260 g/mol. The van der Waals surface area contributed by atoms with E-state index in [0.717, 1.165) is 31.4 Å². The minimum absolute atomic E-state index is 0.0130. The molecule has 0 radical (unpaired) electrons. The lowest BCUT2D eigenvalue weighted by atomic mass is 10.1. The highest BCUT2D eigenvalue weighted by molar-refractivity contribution is 7.89. The molecule has 1 atom stereocenters. The molecule has 2 rings (SSSR count). The van der Waals surface area contributed by atoms with Crippen molar-refractivity contribution in [2.24, 2.45) is 7.05 Å². The average Bonchev–Trinajstić information content (AvgIpc) is 2.64. The molecule has 1 unspecified atom stereocenters. The Hall–Kier alpha value is -0.810. The molecule has 0 aliphatic carbocycles. The van der Waals surface area contributed by atoms with Gasteiger partial charge in [-0.3, -0.25) is 0 Å². The van der Waals surface area contributed by atoms with E-state index in [-0.39, 0.29) is 11.8 Å². The van der Waals surface area contributed by atoms with Gasteiger partial charge in [0.05, 0.1) is 11.8 Å². The topological polar surface area (TPSA) is 42.3 Å². The highest BCUT2D eigenvalue weighted by atomic mass is 32.2. The Morgan fingerprint density at radius 3 is 2.74 bits per heavy atom. The van der Waals surface area contributed by atoms with Gasteiger partial charge in [-0.1, -0.05) is 19.8 Å². The summed E-state index contributed by atoms with van der Waals surface area (Å²) >= 11 is 0. The Bertz CT molecular complexity index is 507. The van der Waals surface area contributed by atoms with Crippen molar-refractivity contribution in [3.05, 3.63) is 24.0 Å². The van der Waals surface area contributed by atoms with Crippen LogP contribution in [0, 0.1) is 0 Å². The molecule has 2 heterocycles. The van der Waals surface area contributed by atoms with Crippen molar-refractivity contribution in [3.8, 4) is 0 Å². The zero-order valence-corrected chi connectivity index (χ0v) is 12.7. The Balaban J connectivity index is 2.34. The van der Waals surface area contributed by atoms with Crippen LogP contribution in [0.2, 0.25) is 0 Å². The number of aryl methyl sites for hydroxylation is 1. The first-order chi connectivity index (χ1) is 9.06. The van der Waals surface area contributed by atoms with Gasteiger partial charge in [0.25, 0.3) is 0 Å². The summed E-state index contributed by atoms with van der Waals surface area (Å²) in [7, 11) is -1.14. The van der Waals surface area contributed by atoms with Gasteiger partial charge < -0.3 is 4.57 Å². The zero-order valence-electron chi connectivity index (χ0n) is 11.9. The van der Waals surface area contributed by atoms with Crippen LogP contribution in [-0.4, -0.2) is 29.6 Å². The molecule has 0 bridgehead atoms. The van der Waals surface area contributed by atoms with Crippen molar-refractivity contribution >= 4 is 10.0 Å². The first kappa shape index (κ1) is 14.6. The molecule has 1 aromatic heterocycles. The van der Waals surface area contributed by atoms with Gasteiger partial charge in [0.15, 0.2) is 0 Å². The number of rotatable bonds is 4. The first-order valence-electron chi connectivity index (χ1n) is 7.17. The van der Waals surface area contributed by atoms with Crippen molar-refractivity contribution in [2.45, 2.75) is 45.1 Å². The van der Waals surface area contributed by atoms with Crippen LogP contribution in [0.1, 0.15) is 50.8 Å². The minimum atomic E-state index is -3.13. The fourth-order valence-electron chi connectivity index (χ4n) is 2.91. The van der Waals surface area contributed by atoms with Crippen LogP contribution in [0.5, 0.6) is 0 Å². The van der Waals surface area contributed by atoms with E-state index in [1.54, 1.807) is 4.31 Å². The third-order valence-corrected chi connectivity index (χ3v) is 5.92. The molecule has 1 aliphatic rings. The Labute approximate surface area is 116 Å². The fourth-order valence-corrected chi connectivity index (χ4v) is 4.66. The van der Waals surface area contributed by atoms with Gasteiger partial charge >= 0.3 is 0 Å². The van der Waals surface area contributed by atoms with Crippen LogP contribution < -0.4 is 0 Å². The molecule has 4 nitrogen and oxygen atoms in total. The van der Waals surface area contributed by atoms with Gasteiger partial charge in [0.1, 0.15) is 0 Å². The maximum absolute atomic E-state index is 12.5. The SMILES string of the molecule is CCCS(=O)(=O)N1CCCCCC1c1cccn1C. The van der Waals surface area contributed by atoms with Gasteiger partial charge in [0, 0.05) is 25.5 Å². The molecule has 0 spiro atoms. The fraction of sp³-hybridized carbons (Fsp3) is 0.714. The lowest BCUT2D eigenvalue weighted by Gasteiger charge is -2.29. The number of sulfonamides is 1. The van der Waals surface area contributed by atoms with Crippen molar-refractivity contribution in [2.75, 3.05) is 12.3 Å². The maximum Gasteiger partial charge on any atom is 0.214 e. The van der Waals surface area contributed by atoms with Crippen LogP contribution >= 0.6 is 0 Å². The Morgan fingerprint density at radius 1 is 1.32 bits per heavy atom. The van der Waals surface area contributed by atoms with Crippen molar-refractivity contribution in [1.82, 2.24) is 8.87 Å².